The Morgan fingerprint density at radius 2 is 1.81 bits per heavy atom. The minimum Gasteiger partial charge on any atom is -0.339 e. The highest BCUT2D eigenvalue weighted by Crippen LogP contribution is 2.38. The van der Waals surface area contributed by atoms with Crippen LogP contribution in [-0.4, -0.2) is 22.2 Å². The lowest BCUT2D eigenvalue weighted by Crippen LogP contribution is -2.19. The van der Waals surface area contributed by atoms with Crippen LogP contribution in [0.5, 0.6) is 0 Å². The van der Waals surface area contributed by atoms with Crippen molar-refractivity contribution in [3.8, 4) is 0 Å². The molecular weight excluding hydrogens is 336 g/mol. The fraction of sp³-hybridized carbons (Fsp3) is 0.273. The van der Waals surface area contributed by atoms with Crippen molar-refractivity contribution in [3.05, 3.63) is 71.5 Å². The first-order valence-electron chi connectivity index (χ1n) is 9.37. The summed E-state index contributed by atoms with van der Waals surface area (Å²) in [7, 11) is 0. The molecule has 1 amide bonds. The van der Waals surface area contributed by atoms with Crippen molar-refractivity contribution < 1.29 is 4.79 Å². The molecule has 0 spiro atoms. The number of hydrogen-bond donors (Lipinski definition) is 1. The number of aryl methyl sites for hydroxylation is 3. The first-order chi connectivity index (χ1) is 13.1. The van der Waals surface area contributed by atoms with E-state index in [1.165, 1.54) is 11.3 Å². The molecule has 3 aromatic rings. The molecule has 2 heterocycles. The van der Waals surface area contributed by atoms with Crippen LogP contribution in [0, 0.1) is 13.8 Å². The Morgan fingerprint density at radius 1 is 1.07 bits per heavy atom. The summed E-state index contributed by atoms with van der Waals surface area (Å²) in [6, 6.07) is 18.5. The molecule has 138 valence electrons. The van der Waals surface area contributed by atoms with E-state index in [1.54, 1.807) is 0 Å². The molecule has 1 aromatic heterocycles. The maximum absolute atomic E-state index is 12.5. The van der Waals surface area contributed by atoms with Crippen LogP contribution in [0.3, 0.4) is 0 Å². The van der Waals surface area contributed by atoms with Crippen molar-refractivity contribution in [2.75, 3.05) is 16.8 Å². The molecule has 0 radical (unpaired) electrons. The van der Waals surface area contributed by atoms with Crippen molar-refractivity contribution in [1.29, 1.82) is 0 Å². The molecule has 1 aliphatic heterocycles. The van der Waals surface area contributed by atoms with Gasteiger partial charge in [0.1, 0.15) is 0 Å². The molecule has 1 aliphatic rings. The zero-order valence-corrected chi connectivity index (χ0v) is 15.8. The summed E-state index contributed by atoms with van der Waals surface area (Å²) in [5.41, 5.74) is 6.53. The van der Waals surface area contributed by atoms with E-state index < -0.39 is 0 Å². The second kappa shape index (κ2) is 7.27. The van der Waals surface area contributed by atoms with E-state index in [9.17, 15) is 4.79 Å². The Morgan fingerprint density at radius 3 is 2.59 bits per heavy atom. The van der Waals surface area contributed by atoms with Gasteiger partial charge in [-0.2, -0.15) is 5.10 Å². The second-order valence-electron chi connectivity index (χ2n) is 7.00. The molecule has 27 heavy (non-hydrogen) atoms. The maximum atomic E-state index is 12.5. The number of carbonyl (C=O) groups excluding carboxylic acids is 1. The first kappa shape index (κ1) is 17.3. The van der Waals surface area contributed by atoms with E-state index in [4.69, 9.17) is 0 Å². The lowest BCUT2D eigenvalue weighted by atomic mass is 10.1. The summed E-state index contributed by atoms with van der Waals surface area (Å²) < 4.78 is 1.89. The van der Waals surface area contributed by atoms with E-state index >= 15 is 0 Å². The molecule has 0 aliphatic carbocycles. The molecule has 0 fully saturated rings. The van der Waals surface area contributed by atoms with Gasteiger partial charge in [0.15, 0.2) is 0 Å². The Balaban J connectivity index is 1.49. The van der Waals surface area contributed by atoms with Crippen LogP contribution >= 0.6 is 0 Å². The van der Waals surface area contributed by atoms with E-state index in [-0.39, 0.29) is 5.91 Å². The van der Waals surface area contributed by atoms with Gasteiger partial charge in [-0.25, -0.2) is 0 Å². The minimum atomic E-state index is 0.00230. The predicted molar refractivity (Wildman–Crippen MR) is 109 cm³/mol. The number of amides is 1. The normalized spacial score (nSPS) is 12.9. The smallest absolute Gasteiger partial charge is 0.226 e. The summed E-state index contributed by atoms with van der Waals surface area (Å²) in [4.78, 5) is 14.8. The average Bonchev–Trinajstić information content (AvgIpc) is 3.23. The van der Waals surface area contributed by atoms with Crippen molar-refractivity contribution in [3.63, 3.8) is 0 Å². The van der Waals surface area contributed by atoms with E-state index in [2.05, 4.69) is 45.6 Å². The Kier molecular flexibility index (Phi) is 4.67. The highest BCUT2D eigenvalue weighted by molar-refractivity contribution is 5.95. The number of benzene rings is 2. The van der Waals surface area contributed by atoms with Gasteiger partial charge in [-0.15, -0.1) is 0 Å². The van der Waals surface area contributed by atoms with Crippen molar-refractivity contribution >= 4 is 23.0 Å². The molecule has 5 nitrogen and oxygen atoms in total. The van der Waals surface area contributed by atoms with Crippen LogP contribution in [0.4, 0.5) is 17.1 Å². The quantitative estimate of drug-likeness (QED) is 0.741. The maximum Gasteiger partial charge on any atom is 0.226 e. The third-order valence-electron chi connectivity index (χ3n) is 5.01. The summed E-state index contributed by atoms with van der Waals surface area (Å²) >= 11 is 0. The monoisotopic (exact) mass is 360 g/mol. The molecular formula is C22H24N4O. The molecule has 2 aromatic carbocycles. The molecule has 4 rings (SSSR count). The van der Waals surface area contributed by atoms with Crippen molar-refractivity contribution in [1.82, 2.24) is 9.78 Å². The van der Waals surface area contributed by atoms with Gasteiger partial charge in [0.2, 0.25) is 5.91 Å². The zero-order chi connectivity index (χ0) is 18.8. The van der Waals surface area contributed by atoms with Gasteiger partial charge in [0, 0.05) is 30.9 Å². The first-order valence-corrected chi connectivity index (χ1v) is 9.37. The number of anilines is 3. The van der Waals surface area contributed by atoms with Crippen molar-refractivity contribution in [2.45, 2.75) is 33.2 Å². The van der Waals surface area contributed by atoms with Gasteiger partial charge in [0.05, 0.1) is 17.1 Å². The lowest BCUT2D eigenvalue weighted by molar-refractivity contribution is -0.116. The molecule has 0 unspecified atom stereocenters. The Hall–Kier alpha value is -3.08. The number of rotatable bonds is 5. The average molecular weight is 360 g/mol. The van der Waals surface area contributed by atoms with E-state index in [1.807, 2.05) is 42.8 Å². The van der Waals surface area contributed by atoms with Gasteiger partial charge in [-0.3, -0.25) is 9.48 Å². The molecule has 0 bridgehead atoms. The van der Waals surface area contributed by atoms with Crippen LogP contribution < -0.4 is 10.2 Å². The van der Waals surface area contributed by atoms with Crippen LogP contribution in [0.2, 0.25) is 0 Å². The highest BCUT2D eigenvalue weighted by Gasteiger charge is 2.22. The standard InChI is InChI=1S/C22H24N4O/c1-16-15-17(2)26(24-16)14-12-22(27)23-19-8-4-6-10-21(19)25-13-11-18-7-3-5-9-20(18)25/h3-10,15H,11-14H2,1-2H3,(H,23,27). The lowest BCUT2D eigenvalue weighted by Gasteiger charge is -2.23. The highest BCUT2D eigenvalue weighted by atomic mass is 16.1. The number of nitrogens with one attached hydrogen (secondary N) is 1. The zero-order valence-electron chi connectivity index (χ0n) is 15.8. The van der Waals surface area contributed by atoms with Gasteiger partial charge in [-0.1, -0.05) is 30.3 Å². The largest absolute Gasteiger partial charge is 0.339 e. The van der Waals surface area contributed by atoms with Gasteiger partial charge in [-0.05, 0) is 50.1 Å². The van der Waals surface area contributed by atoms with E-state index in [0.717, 1.165) is 35.7 Å². The second-order valence-corrected chi connectivity index (χ2v) is 7.00. The van der Waals surface area contributed by atoms with Crippen LogP contribution in [0.1, 0.15) is 23.4 Å². The third-order valence-corrected chi connectivity index (χ3v) is 5.01. The van der Waals surface area contributed by atoms with Gasteiger partial charge < -0.3 is 10.2 Å². The van der Waals surface area contributed by atoms with E-state index in [0.29, 0.717) is 13.0 Å². The third kappa shape index (κ3) is 3.58. The molecule has 1 N–H and O–H groups in total. The SMILES string of the molecule is Cc1cc(C)n(CCC(=O)Nc2ccccc2N2CCc3ccccc32)n1. The van der Waals surface area contributed by atoms with Crippen LogP contribution in [-0.2, 0) is 17.8 Å². The summed E-state index contributed by atoms with van der Waals surface area (Å²) in [6.07, 6.45) is 1.42. The predicted octanol–water partition coefficient (Wildman–Crippen LogP) is 4.22. The van der Waals surface area contributed by atoms with Crippen LogP contribution in [0.25, 0.3) is 0 Å². The number of para-hydroxylation sites is 3. The Bertz CT molecular complexity index is 976. The molecule has 5 heteroatoms. The van der Waals surface area contributed by atoms with Gasteiger partial charge in [0.25, 0.3) is 0 Å². The molecule has 0 saturated carbocycles. The number of hydrogen-bond acceptors (Lipinski definition) is 3. The number of fused-ring (bicyclic) bond motifs is 1. The van der Waals surface area contributed by atoms with Gasteiger partial charge >= 0.3 is 0 Å². The molecule has 0 saturated heterocycles. The van der Waals surface area contributed by atoms with Crippen LogP contribution in [0.15, 0.2) is 54.6 Å². The fourth-order valence-electron chi connectivity index (χ4n) is 3.72. The minimum absolute atomic E-state index is 0.00230. The fourth-order valence-corrected chi connectivity index (χ4v) is 3.72. The summed E-state index contributed by atoms with van der Waals surface area (Å²) in [5, 5.41) is 7.52. The summed E-state index contributed by atoms with van der Waals surface area (Å²) in [5.74, 6) is 0.00230. The number of aromatic nitrogens is 2. The number of carbonyl (C=O) groups is 1. The molecule has 0 atom stereocenters. The Labute approximate surface area is 159 Å². The van der Waals surface area contributed by atoms with Crippen molar-refractivity contribution in [2.24, 2.45) is 0 Å². The topological polar surface area (TPSA) is 50.2 Å². The number of nitrogens with zero attached hydrogens (tertiary/aromatic N) is 3. The summed E-state index contributed by atoms with van der Waals surface area (Å²) in [6.45, 7) is 5.49.